The average Bonchev–Trinajstić information content (AvgIpc) is 2.49. The summed E-state index contributed by atoms with van der Waals surface area (Å²) in [6, 6.07) is 9.93. The topological polar surface area (TPSA) is 21.6 Å². The van der Waals surface area contributed by atoms with E-state index in [1.807, 2.05) is 30.3 Å². The van der Waals surface area contributed by atoms with E-state index in [9.17, 15) is 0 Å². The maximum atomic E-state index is 5.88. The molecular weight excluding hydrogens is 266 g/mol. The molecule has 2 nitrogen and oxygen atoms in total. The van der Waals surface area contributed by atoms with Crippen molar-refractivity contribution in [1.82, 2.24) is 0 Å². The van der Waals surface area contributed by atoms with Crippen LogP contribution in [0.25, 0.3) is 0 Å². The lowest BCUT2D eigenvalue weighted by Gasteiger charge is -2.22. The highest BCUT2D eigenvalue weighted by Crippen LogP contribution is 2.21. The molecule has 0 amide bonds. The van der Waals surface area contributed by atoms with Gasteiger partial charge in [0.25, 0.3) is 5.90 Å². The highest BCUT2D eigenvalue weighted by Gasteiger charge is 2.17. The quantitative estimate of drug-likeness (QED) is 0.306. The molecule has 0 saturated heterocycles. The molecule has 0 aromatic heterocycles. The van der Waals surface area contributed by atoms with Crippen LogP contribution < -0.4 is 0 Å². The van der Waals surface area contributed by atoms with Gasteiger partial charge in [-0.3, -0.25) is 0 Å². The third-order valence-electron chi connectivity index (χ3n) is 3.14. The van der Waals surface area contributed by atoms with E-state index in [2.05, 4.69) is 31.1 Å². The number of benzene rings is 1. The molecule has 0 saturated carbocycles. The number of terminal acetylenes is 1. The Morgan fingerprint density at radius 1 is 1.35 bits per heavy atom. The molecule has 0 N–H and O–H groups in total. The highest BCUT2D eigenvalue weighted by molar-refractivity contribution is 7.98. The van der Waals surface area contributed by atoms with E-state index in [-0.39, 0.29) is 6.10 Å². The minimum atomic E-state index is 0.140. The zero-order valence-corrected chi connectivity index (χ0v) is 13.3. The van der Waals surface area contributed by atoms with Gasteiger partial charge in [0.2, 0.25) is 0 Å². The van der Waals surface area contributed by atoms with Crippen molar-refractivity contribution in [3.8, 4) is 12.3 Å². The van der Waals surface area contributed by atoms with Crippen LogP contribution in [0.5, 0.6) is 0 Å². The van der Waals surface area contributed by atoms with Crippen LogP contribution in [-0.4, -0.2) is 12.0 Å². The van der Waals surface area contributed by atoms with Crippen LogP contribution in [0.1, 0.15) is 40.0 Å². The monoisotopic (exact) mass is 289 g/mol. The molecule has 0 radical (unpaired) electrons. The second kappa shape index (κ2) is 9.50. The van der Waals surface area contributed by atoms with Gasteiger partial charge in [-0.2, -0.15) is 4.40 Å². The number of nitrogens with zero attached hydrogens (tertiary/aromatic N) is 1. The van der Waals surface area contributed by atoms with Gasteiger partial charge in [0.15, 0.2) is 0 Å². The molecule has 3 heteroatoms. The summed E-state index contributed by atoms with van der Waals surface area (Å²) in [4.78, 5) is 1.05. The summed E-state index contributed by atoms with van der Waals surface area (Å²) in [5.74, 6) is 3.42. The summed E-state index contributed by atoms with van der Waals surface area (Å²) >= 11 is 1.35. The van der Waals surface area contributed by atoms with Crippen LogP contribution in [0.3, 0.4) is 0 Å². The second-order valence-corrected chi connectivity index (χ2v) is 5.61. The molecular formula is C17H23NOS. The van der Waals surface area contributed by atoms with E-state index in [1.54, 1.807) is 0 Å². The summed E-state index contributed by atoms with van der Waals surface area (Å²) in [6.07, 6.45) is 8.87. The van der Waals surface area contributed by atoms with Crippen LogP contribution in [0.4, 0.5) is 0 Å². The predicted octanol–water partition coefficient (Wildman–Crippen LogP) is 4.96. The van der Waals surface area contributed by atoms with Crippen LogP contribution in [0, 0.1) is 18.3 Å². The first kappa shape index (κ1) is 16.7. The molecule has 2 unspecified atom stereocenters. The Labute approximate surface area is 127 Å². The fourth-order valence-corrected chi connectivity index (χ4v) is 2.61. The summed E-state index contributed by atoms with van der Waals surface area (Å²) in [7, 11) is 0. The SMILES string of the molecule is C#CC(=NSc1ccccc1)OC(CC)C(C)CCC. The second-order valence-electron chi connectivity index (χ2n) is 4.78. The number of ether oxygens (including phenoxy) is 1. The molecule has 1 aromatic rings. The summed E-state index contributed by atoms with van der Waals surface area (Å²) in [5, 5.41) is 0. The molecule has 1 rings (SSSR count). The third-order valence-corrected chi connectivity index (χ3v) is 3.88. The third kappa shape index (κ3) is 5.71. The standard InChI is InChI=1S/C17H23NOS/c1-5-11-14(4)16(6-2)19-17(7-3)18-20-15-12-9-8-10-13-15/h3,8-10,12-14,16H,5-6,11H2,1-2,4H3. The van der Waals surface area contributed by atoms with Gasteiger partial charge in [0.1, 0.15) is 6.10 Å². The van der Waals surface area contributed by atoms with Crippen molar-refractivity contribution in [3.63, 3.8) is 0 Å². The van der Waals surface area contributed by atoms with E-state index in [0.717, 1.165) is 24.2 Å². The lowest BCUT2D eigenvalue weighted by atomic mass is 9.97. The first-order chi connectivity index (χ1) is 9.71. The molecule has 0 fully saturated rings. The molecule has 108 valence electrons. The van der Waals surface area contributed by atoms with Gasteiger partial charge in [0, 0.05) is 16.8 Å². The Kier molecular flexibility index (Phi) is 7.91. The average molecular weight is 289 g/mol. The minimum absolute atomic E-state index is 0.140. The lowest BCUT2D eigenvalue weighted by Crippen LogP contribution is -2.23. The Morgan fingerprint density at radius 3 is 2.60 bits per heavy atom. The maximum Gasteiger partial charge on any atom is 0.275 e. The van der Waals surface area contributed by atoms with Crippen LogP contribution in [-0.2, 0) is 4.74 Å². The molecule has 0 aliphatic rings. The Balaban J connectivity index is 2.63. The molecule has 0 aliphatic carbocycles. The van der Waals surface area contributed by atoms with Gasteiger partial charge in [-0.1, -0.05) is 45.4 Å². The van der Waals surface area contributed by atoms with Crippen molar-refractivity contribution >= 4 is 17.8 Å². The number of rotatable bonds is 7. The molecule has 0 heterocycles. The molecule has 0 bridgehead atoms. The highest BCUT2D eigenvalue weighted by atomic mass is 32.2. The summed E-state index contributed by atoms with van der Waals surface area (Å²) in [5.41, 5.74) is 0. The van der Waals surface area contributed by atoms with E-state index in [0.29, 0.717) is 11.8 Å². The van der Waals surface area contributed by atoms with E-state index < -0.39 is 0 Å². The van der Waals surface area contributed by atoms with Crippen LogP contribution in [0.2, 0.25) is 0 Å². The van der Waals surface area contributed by atoms with Crippen molar-refractivity contribution in [1.29, 1.82) is 0 Å². The van der Waals surface area contributed by atoms with Crippen molar-refractivity contribution in [2.75, 3.05) is 0 Å². The van der Waals surface area contributed by atoms with E-state index in [1.165, 1.54) is 11.9 Å². The smallest absolute Gasteiger partial charge is 0.275 e. The fraction of sp³-hybridized carbons (Fsp3) is 0.471. The van der Waals surface area contributed by atoms with E-state index >= 15 is 0 Å². The number of hydrogen-bond acceptors (Lipinski definition) is 3. The van der Waals surface area contributed by atoms with Crippen molar-refractivity contribution < 1.29 is 4.74 Å². The fourth-order valence-electron chi connectivity index (χ4n) is 2.04. The Hall–Kier alpha value is -1.40. The van der Waals surface area contributed by atoms with E-state index in [4.69, 9.17) is 11.2 Å². The van der Waals surface area contributed by atoms with Gasteiger partial charge >= 0.3 is 0 Å². The Morgan fingerprint density at radius 2 is 2.05 bits per heavy atom. The number of hydrogen-bond donors (Lipinski definition) is 0. The summed E-state index contributed by atoms with van der Waals surface area (Å²) in [6.45, 7) is 6.51. The van der Waals surface area contributed by atoms with Crippen molar-refractivity contribution in [3.05, 3.63) is 30.3 Å². The van der Waals surface area contributed by atoms with Gasteiger partial charge in [-0.05, 0) is 36.8 Å². The lowest BCUT2D eigenvalue weighted by molar-refractivity contribution is 0.123. The minimum Gasteiger partial charge on any atom is -0.467 e. The van der Waals surface area contributed by atoms with Gasteiger partial charge in [-0.15, -0.1) is 6.42 Å². The molecule has 2 atom stereocenters. The molecule has 1 aromatic carbocycles. The Bertz CT molecular complexity index is 450. The first-order valence-electron chi connectivity index (χ1n) is 7.14. The normalized spacial score (nSPS) is 14.4. The van der Waals surface area contributed by atoms with Crippen LogP contribution >= 0.6 is 11.9 Å². The van der Waals surface area contributed by atoms with Gasteiger partial charge in [-0.25, -0.2) is 0 Å². The maximum absolute atomic E-state index is 5.88. The van der Waals surface area contributed by atoms with Crippen molar-refractivity contribution in [2.45, 2.75) is 51.0 Å². The zero-order chi connectivity index (χ0) is 14.8. The van der Waals surface area contributed by atoms with Gasteiger partial charge in [0.05, 0.1) is 0 Å². The zero-order valence-electron chi connectivity index (χ0n) is 12.5. The van der Waals surface area contributed by atoms with Crippen molar-refractivity contribution in [2.24, 2.45) is 10.3 Å². The molecule has 20 heavy (non-hydrogen) atoms. The van der Waals surface area contributed by atoms with Gasteiger partial charge < -0.3 is 4.74 Å². The summed E-state index contributed by atoms with van der Waals surface area (Å²) < 4.78 is 10.2. The molecule has 0 aliphatic heterocycles. The molecule has 0 spiro atoms. The van der Waals surface area contributed by atoms with Crippen LogP contribution in [0.15, 0.2) is 39.6 Å². The predicted molar refractivity (Wildman–Crippen MR) is 87.8 cm³/mol. The largest absolute Gasteiger partial charge is 0.467 e. The first-order valence-corrected chi connectivity index (χ1v) is 7.91.